The Morgan fingerprint density at radius 1 is 1.08 bits per heavy atom. The summed E-state index contributed by atoms with van der Waals surface area (Å²) in [4.78, 5) is 23.9. The van der Waals surface area contributed by atoms with Crippen LogP contribution in [-0.2, 0) is 4.79 Å². The molecule has 1 saturated heterocycles. The Hall–Kier alpha value is -2.21. The van der Waals surface area contributed by atoms with Crippen molar-refractivity contribution >= 4 is 29.0 Å². The van der Waals surface area contributed by atoms with Gasteiger partial charge in [-0.2, -0.15) is 0 Å². The van der Waals surface area contributed by atoms with Crippen LogP contribution in [0, 0.1) is 5.92 Å². The lowest BCUT2D eigenvalue weighted by molar-refractivity contribution is -0.119. The van der Waals surface area contributed by atoms with E-state index in [4.69, 9.17) is 11.6 Å². The molecule has 0 aliphatic carbocycles. The average Bonchev–Trinajstić information content (AvgIpc) is 3.06. The Labute approximate surface area is 145 Å². The molecule has 2 unspecified atom stereocenters. The minimum absolute atomic E-state index is 0.000119. The molecule has 0 saturated carbocycles. The quantitative estimate of drug-likeness (QED) is 0.746. The number of hydrogen-bond acceptors (Lipinski definition) is 4. The summed E-state index contributed by atoms with van der Waals surface area (Å²) in [5, 5.41) is 3.57. The third-order valence-electron chi connectivity index (χ3n) is 4.11. The number of anilines is 1. The fourth-order valence-corrected chi connectivity index (χ4v) is 2.88. The van der Waals surface area contributed by atoms with Crippen molar-refractivity contribution in [1.82, 2.24) is 10.9 Å². The molecule has 2 atom stereocenters. The molecule has 0 spiro atoms. The number of nitrogens with one attached hydrogen (secondary N) is 3. The molecular weight excluding hydrogens is 326 g/mol. The molecule has 6 heteroatoms. The van der Waals surface area contributed by atoms with Crippen molar-refractivity contribution in [2.45, 2.75) is 13.0 Å². The fourth-order valence-electron chi connectivity index (χ4n) is 2.75. The van der Waals surface area contributed by atoms with Gasteiger partial charge in [0.15, 0.2) is 5.78 Å². The topological polar surface area (TPSA) is 70.2 Å². The maximum absolute atomic E-state index is 12.6. The van der Waals surface area contributed by atoms with Crippen LogP contribution in [-0.4, -0.2) is 18.2 Å². The molecule has 2 aromatic carbocycles. The van der Waals surface area contributed by atoms with Crippen molar-refractivity contribution in [1.29, 1.82) is 0 Å². The molecule has 2 aromatic rings. The standard InChI is InChI=1S/C18H18ClN3O2/c1-11(23)12-4-8-15(9-5-12)21-18(24)16-10-20-22-17(16)13-2-6-14(19)7-3-13/h2-9,16-17,20,22H,10H2,1H3,(H,21,24). The summed E-state index contributed by atoms with van der Waals surface area (Å²) in [6, 6.07) is 14.2. The highest BCUT2D eigenvalue weighted by Crippen LogP contribution is 2.27. The van der Waals surface area contributed by atoms with Crippen LogP contribution in [0.4, 0.5) is 5.69 Å². The van der Waals surface area contributed by atoms with Gasteiger partial charge < -0.3 is 5.32 Å². The van der Waals surface area contributed by atoms with Crippen LogP contribution in [0.5, 0.6) is 0 Å². The Bertz CT molecular complexity index is 744. The zero-order valence-corrected chi connectivity index (χ0v) is 13.9. The Kier molecular flexibility index (Phi) is 4.94. The SMILES string of the molecule is CC(=O)c1ccc(NC(=O)C2CNNC2c2ccc(Cl)cc2)cc1. The largest absolute Gasteiger partial charge is 0.326 e. The first-order valence-corrected chi connectivity index (χ1v) is 8.08. The van der Waals surface area contributed by atoms with Gasteiger partial charge in [-0.25, -0.2) is 5.43 Å². The van der Waals surface area contributed by atoms with Crippen LogP contribution < -0.4 is 16.2 Å². The molecular formula is C18H18ClN3O2. The summed E-state index contributed by atoms with van der Waals surface area (Å²) in [5.74, 6) is -0.332. The van der Waals surface area contributed by atoms with Crippen molar-refractivity contribution in [3.63, 3.8) is 0 Å². The van der Waals surface area contributed by atoms with Crippen molar-refractivity contribution in [2.75, 3.05) is 11.9 Å². The van der Waals surface area contributed by atoms with Crippen molar-refractivity contribution < 1.29 is 9.59 Å². The van der Waals surface area contributed by atoms with Crippen LogP contribution in [0.3, 0.4) is 0 Å². The number of hydrogen-bond donors (Lipinski definition) is 3. The first-order chi connectivity index (χ1) is 11.5. The van der Waals surface area contributed by atoms with E-state index in [0.29, 0.717) is 22.8 Å². The first-order valence-electron chi connectivity index (χ1n) is 7.70. The molecule has 0 radical (unpaired) electrons. The summed E-state index contributed by atoms with van der Waals surface area (Å²) in [7, 11) is 0. The van der Waals surface area contributed by atoms with Gasteiger partial charge in [0, 0.05) is 22.8 Å². The van der Waals surface area contributed by atoms with E-state index in [-0.39, 0.29) is 23.7 Å². The van der Waals surface area contributed by atoms with Crippen LogP contribution in [0.1, 0.15) is 28.9 Å². The fraction of sp³-hybridized carbons (Fsp3) is 0.222. The molecule has 1 heterocycles. The predicted octanol–water partition coefficient (Wildman–Crippen LogP) is 2.95. The molecule has 0 bridgehead atoms. The number of carbonyl (C=O) groups is 2. The Morgan fingerprint density at radius 3 is 2.38 bits per heavy atom. The van der Waals surface area contributed by atoms with Crippen LogP contribution in [0.15, 0.2) is 48.5 Å². The highest BCUT2D eigenvalue weighted by atomic mass is 35.5. The van der Waals surface area contributed by atoms with Gasteiger partial charge in [0.25, 0.3) is 0 Å². The third-order valence-corrected chi connectivity index (χ3v) is 4.36. The monoisotopic (exact) mass is 343 g/mol. The van der Waals surface area contributed by atoms with Gasteiger partial charge in [-0.05, 0) is 48.9 Å². The molecule has 1 fully saturated rings. The molecule has 1 aliphatic heterocycles. The lowest BCUT2D eigenvalue weighted by Crippen LogP contribution is -2.29. The maximum atomic E-state index is 12.6. The van der Waals surface area contributed by atoms with Crippen molar-refractivity contribution in [3.8, 4) is 0 Å². The van der Waals surface area contributed by atoms with E-state index in [1.807, 2.05) is 24.3 Å². The van der Waals surface area contributed by atoms with Gasteiger partial charge in [0.1, 0.15) is 0 Å². The highest BCUT2D eigenvalue weighted by molar-refractivity contribution is 6.30. The van der Waals surface area contributed by atoms with Gasteiger partial charge >= 0.3 is 0 Å². The number of halogens is 1. The molecule has 5 nitrogen and oxygen atoms in total. The zero-order valence-electron chi connectivity index (χ0n) is 13.2. The van der Waals surface area contributed by atoms with Gasteiger partial charge in [-0.1, -0.05) is 23.7 Å². The van der Waals surface area contributed by atoms with Crippen LogP contribution >= 0.6 is 11.6 Å². The molecule has 3 N–H and O–H groups in total. The summed E-state index contributed by atoms with van der Waals surface area (Å²) < 4.78 is 0. The zero-order chi connectivity index (χ0) is 17.1. The lowest BCUT2D eigenvalue weighted by atomic mass is 9.94. The minimum atomic E-state index is -0.251. The van der Waals surface area contributed by atoms with E-state index < -0.39 is 0 Å². The molecule has 1 amide bonds. The van der Waals surface area contributed by atoms with E-state index in [9.17, 15) is 9.59 Å². The van der Waals surface area contributed by atoms with E-state index in [1.54, 1.807) is 24.3 Å². The van der Waals surface area contributed by atoms with E-state index in [0.717, 1.165) is 5.56 Å². The van der Waals surface area contributed by atoms with Gasteiger partial charge in [-0.3, -0.25) is 15.0 Å². The summed E-state index contributed by atoms with van der Waals surface area (Å²) in [6.07, 6.45) is 0. The first kappa shape index (κ1) is 16.6. The maximum Gasteiger partial charge on any atom is 0.230 e. The van der Waals surface area contributed by atoms with Crippen LogP contribution in [0.2, 0.25) is 5.02 Å². The number of carbonyl (C=O) groups excluding carboxylic acids is 2. The number of benzene rings is 2. The number of Topliss-reactive ketones (excluding diaryl/α,β-unsaturated/α-hetero) is 1. The smallest absolute Gasteiger partial charge is 0.230 e. The van der Waals surface area contributed by atoms with Gasteiger partial charge in [-0.15, -0.1) is 0 Å². The summed E-state index contributed by atoms with van der Waals surface area (Å²) >= 11 is 5.92. The molecule has 24 heavy (non-hydrogen) atoms. The number of hydrazine groups is 1. The van der Waals surface area contributed by atoms with Crippen molar-refractivity contribution in [3.05, 3.63) is 64.7 Å². The van der Waals surface area contributed by atoms with Gasteiger partial charge in [0.2, 0.25) is 5.91 Å². The third kappa shape index (κ3) is 3.64. The number of amides is 1. The highest BCUT2D eigenvalue weighted by Gasteiger charge is 2.33. The van der Waals surface area contributed by atoms with E-state index >= 15 is 0 Å². The molecule has 124 valence electrons. The Balaban J connectivity index is 1.71. The second-order valence-electron chi connectivity index (χ2n) is 5.78. The predicted molar refractivity (Wildman–Crippen MR) is 93.9 cm³/mol. The summed E-state index contributed by atoms with van der Waals surface area (Å²) in [6.45, 7) is 2.05. The number of ketones is 1. The molecule has 0 aromatic heterocycles. The van der Waals surface area contributed by atoms with E-state index in [1.165, 1.54) is 6.92 Å². The average molecular weight is 344 g/mol. The van der Waals surface area contributed by atoms with Crippen LogP contribution in [0.25, 0.3) is 0 Å². The second-order valence-corrected chi connectivity index (χ2v) is 6.22. The lowest BCUT2D eigenvalue weighted by Gasteiger charge is -2.18. The normalized spacial score (nSPS) is 19.9. The number of rotatable bonds is 4. The van der Waals surface area contributed by atoms with Crippen molar-refractivity contribution in [2.24, 2.45) is 5.92 Å². The minimum Gasteiger partial charge on any atom is -0.326 e. The molecule has 1 aliphatic rings. The van der Waals surface area contributed by atoms with Gasteiger partial charge in [0.05, 0.1) is 12.0 Å². The molecule has 3 rings (SSSR count). The second kappa shape index (κ2) is 7.13. The Morgan fingerprint density at radius 2 is 1.75 bits per heavy atom. The van der Waals surface area contributed by atoms with E-state index in [2.05, 4.69) is 16.2 Å². The summed E-state index contributed by atoms with van der Waals surface area (Å²) in [5.41, 5.74) is 8.46.